The van der Waals surface area contributed by atoms with Crippen molar-refractivity contribution < 1.29 is 19.4 Å². The molecule has 5 rings (SSSR count). The number of aliphatic carboxylic acids is 1. The highest BCUT2D eigenvalue weighted by atomic mass is 16.5. The van der Waals surface area contributed by atoms with Crippen LogP contribution in [0.25, 0.3) is 22.3 Å². The number of carboxylic acids is 1. The second kappa shape index (κ2) is 15.1. The van der Waals surface area contributed by atoms with Crippen LogP contribution in [0.1, 0.15) is 44.4 Å². The third kappa shape index (κ3) is 8.62. The van der Waals surface area contributed by atoms with Crippen molar-refractivity contribution in [1.82, 2.24) is 9.55 Å². The number of ether oxygens (including phenoxy) is 1. The van der Waals surface area contributed by atoms with E-state index in [9.17, 15) is 14.7 Å². The van der Waals surface area contributed by atoms with Gasteiger partial charge in [0, 0.05) is 30.5 Å². The van der Waals surface area contributed by atoms with Gasteiger partial charge in [-0.3, -0.25) is 14.6 Å². The lowest BCUT2D eigenvalue weighted by molar-refractivity contribution is -0.137. The first-order chi connectivity index (χ1) is 23.1. The number of benzene rings is 3. The van der Waals surface area contributed by atoms with Crippen molar-refractivity contribution >= 4 is 23.5 Å². The molecule has 0 spiro atoms. The van der Waals surface area contributed by atoms with Crippen LogP contribution in [0.5, 0.6) is 0 Å². The Kier molecular flexibility index (Phi) is 10.5. The molecule has 2 N–H and O–H groups in total. The lowest BCUT2D eigenvalue weighted by atomic mass is 9.86. The van der Waals surface area contributed by atoms with Gasteiger partial charge in [-0.15, -0.1) is 0 Å². The molecule has 0 radical (unpaired) electrons. The highest BCUT2D eigenvalue weighted by Crippen LogP contribution is 2.30. The molecule has 0 saturated carbocycles. The molecule has 0 aliphatic heterocycles. The Morgan fingerprint density at radius 3 is 2.08 bits per heavy atom. The smallest absolute Gasteiger partial charge is 0.305 e. The van der Waals surface area contributed by atoms with Crippen LogP contribution in [0.15, 0.2) is 127 Å². The summed E-state index contributed by atoms with van der Waals surface area (Å²) < 4.78 is 8.10. The van der Waals surface area contributed by atoms with Crippen LogP contribution in [0.2, 0.25) is 0 Å². The highest BCUT2D eigenvalue weighted by molar-refractivity contribution is 5.97. The molecule has 0 bridgehead atoms. The van der Waals surface area contributed by atoms with Gasteiger partial charge in [0.05, 0.1) is 18.1 Å². The van der Waals surface area contributed by atoms with Crippen molar-refractivity contribution in [3.63, 3.8) is 0 Å². The Labute approximate surface area is 280 Å². The summed E-state index contributed by atoms with van der Waals surface area (Å²) in [6, 6.07) is 30.7. The molecule has 5 aromatic rings. The molecular formula is C39H37N5O4. The van der Waals surface area contributed by atoms with Gasteiger partial charge in [-0.2, -0.15) is 5.26 Å². The molecule has 0 aliphatic carbocycles. The summed E-state index contributed by atoms with van der Waals surface area (Å²) in [7, 11) is 0. The minimum absolute atomic E-state index is 0.142. The number of hydrogen-bond acceptors (Lipinski definition) is 6. The number of carboxylic acid groups (broad SMARTS) is 1. The zero-order valence-electron chi connectivity index (χ0n) is 27.1. The summed E-state index contributed by atoms with van der Waals surface area (Å²) in [4.78, 5) is 34.9. The Balaban J connectivity index is 1.49. The fourth-order valence-electron chi connectivity index (χ4n) is 5.23. The van der Waals surface area contributed by atoms with Gasteiger partial charge in [-0.05, 0) is 63.6 Å². The van der Waals surface area contributed by atoms with E-state index in [4.69, 9.17) is 15.0 Å². The number of anilines is 1. The molecule has 0 fully saturated rings. The fourth-order valence-corrected chi connectivity index (χ4v) is 5.23. The van der Waals surface area contributed by atoms with Gasteiger partial charge in [0.1, 0.15) is 18.7 Å². The molecule has 0 aliphatic rings. The summed E-state index contributed by atoms with van der Waals surface area (Å²) in [5.74, 6) is -1.24. The number of nitrogens with one attached hydrogen (secondary N) is 1. The third-order valence-electron chi connectivity index (χ3n) is 7.80. The first-order valence-electron chi connectivity index (χ1n) is 15.6. The Bertz CT molecular complexity index is 1900. The van der Waals surface area contributed by atoms with Gasteiger partial charge >= 0.3 is 5.97 Å². The number of aromatic nitrogens is 2. The predicted octanol–water partition coefficient (Wildman–Crippen LogP) is 7.77. The molecule has 2 atom stereocenters. The monoisotopic (exact) mass is 639 g/mol. The average Bonchev–Trinajstić information content (AvgIpc) is 3.58. The molecule has 3 aromatic carbocycles. The number of nitrogens with zero attached hydrogens (tertiary/aromatic N) is 4. The average molecular weight is 640 g/mol. The molecule has 2 aromatic heterocycles. The molecule has 9 nitrogen and oxygen atoms in total. The maximum absolute atomic E-state index is 13.7. The molecular weight excluding hydrogens is 602 g/mol. The quantitative estimate of drug-likeness (QED) is 0.112. The number of carbonyl (C=O) groups is 2. The van der Waals surface area contributed by atoms with Gasteiger partial charge in [-0.1, -0.05) is 87.5 Å². The van der Waals surface area contributed by atoms with Crippen molar-refractivity contribution in [2.24, 2.45) is 10.4 Å². The first kappa shape index (κ1) is 33.4. The van der Waals surface area contributed by atoms with E-state index in [1.54, 1.807) is 41.2 Å². The van der Waals surface area contributed by atoms with Crippen molar-refractivity contribution in [3.8, 4) is 28.3 Å². The third-order valence-corrected chi connectivity index (χ3v) is 7.80. The molecule has 1 amide bonds. The van der Waals surface area contributed by atoms with E-state index in [-0.39, 0.29) is 24.8 Å². The van der Waals surface area contributed by atoms with Gasteiger partial charge < -0.3 is 19.7 Å². The van der Waals surface area contributed by atoms with E-state index in [1.807, 2.05) is 106 Å². The van der Waals surface area contributed by atoms with Crippen molar-refractivity contribution in [3.05, 3.63) is 133 Å². The van der Waals surface area contributed by atoms with Crippen LogP contribution in [0, 0.1) is 16.7 Å². The molecule has 48 heavy (non-hydrogen) atoms. The van der Waals surface area contributed by atoms with E-state index >= 15 is 0 Å². The van der Waals surface area contributed by atoms with E-state index in [2.05, 4.69) is 16.4 Å². The summed E-state index contributed by atoms with van der Waals surface area (Å²) in [5, 5.41) is 22.1. The summed E-state index contributed by atoms with van der Waals surface area (Å²) in [5.41, 5.74) is 5.24. The second-order valence-electron chi connectivity index (χ2n) is 12.5. The minimum atomic E-state index is -1.04. The van der Waals surface area contributed by atoms with E-state index in [0.717, 1.165) is 27.8 Å². The van der Waals surface area contributed by atoms with Crippen LogP contribution >= 0.6 is 0 Å². The number of pyridine rings is 1. The molecule has 242 valence electrons. The zero-order valence-corrected chi connectivity index (χ0v) is 27.1. The predicted molar refractivity (Wildman–Crippen MR) is 186 cm³/mol. The van der Waals surface area contributed by atoms with Crippen molar-refractivity contribution in [1.29, 1.82) is 5.26 Å². The number of amides is 1. The number of nitriles is 1. The molecule has 9 heteroatoms. The van der Waals surface area contributed by atoms with Gasteiger partial charge in [0.2, 0.25) is 11.8 Å². The number of hydrogen-bond donors (Lipinski definition) is 2. The van der Waals surface area contributed by atoms with Crippen LogP contribution in [0.4, 0.5) is 5.69 Å². The van der Waals surface area contributed by atoms with E-state index in [1.165, 1.54) is 0 Å². The van der Waals surface area contributed by atoms with E-state index in [0.29, 0.717) is 11.3 Å². The highest BCUT2D eigenvalue weighted by Gasteiger charge is 2.34. The molecule has 0 unspecified atom stereocenters. The SMILES string of the molecule is CC(C)(C)[C@H](N=C(OCc1ccccc1)[C@@H](CC(=O)O)n1ccc(-c2ccc(-c3ccc(C#N)cc3)cc2)c1)C(=O)Nc1ccncc1. The van der Waals surface area contributed by atoms with Crippen LogP contribution in [-0.4, -0.2) is 38.5 Å². The summed E-state index contributed by atoms with van der Waals surface area (Å²) >= 11 is 0. The minimum Gasteiger partial charge on any atom is -0.481 e. The second-order valence-corrected chi connectivity index (χ2v) is 12.5. The zero-order chi connectivity index (χ0) is 34.1. The molecule has 2 heterocycles. The fraction of sp³-hybridized carbons (Fsp3) is 0.205. The van der Waals surface area contributed by atoms with Gasteiger partial charge in [0.25, 0.3) is 0 Å². The van der Waals surface area contributed by atoms with Gasteiger partial charge in [0.15, 0.2) is 0 Å². The van der Waals surface area contributed by atoms with Crippen LogP contribution < -0.4 is 5.32 Å². The summed E-state index contributed by atoms with van der Waals surface area (Å²) in [6.45, 7) is 5.86. The number of carbonyl (C=O) groups excluding carboxylic acids is 1. The van der Waals surface area contributed by atoms with Crippen molar-refractivity contribution in [2.75, 3.05) is 5.32 Å². The largest absolute Gasteiger partial charge is 0.481 e. The Hall–Kier alpha value is -6.01. The lowest BCUT2D eigenvalue weighted by Crippen LogP contribution is -2.39. The van der Waals surface area contributed by atoms with Crippen molar-refractivity contribution in [2.45, 2.75) is 45.9 Å². The van der Waals surface area contributed by atoms with E-state index < -0.39 is 23.5 Å². The molecule has 0 saturated heterocycles. The first-order valence-corrected chi connectivity index (χ1v) is 15.6. The topological polar surface area (TPSA) is 130 Å². The van der Waals surface area contributed by atoms with Crippen LogP contribution in [0.3, 0.4) is 0 Å². The summed E-state index contributed by atoms with van der Waals surface area (Å²) in [6.07, 6.45) is 6.54. The number of rotatable bonds is 11. The normalized spacial score (nSPS) is 12.8. The number of aliphatic imine (C=N–C) groups is 1. The maximum atomic E-state index is 13.7. The Morgan fingerprint density at radius 1 is 0.896 bits per heavy atom. The lowest BCUT2D eigenvalue weighted by Gasteiger charge is -2.29. The van der Waals surface area contributed by atoms with Gasteiger partial charge in [-0.25, -0.2) is 4.99 Å². The maximum Gasteiger partial charge on any atom is 0.305 e. The Morgan fingerprint density at radius 2 is 1.50 bits per heavy atom. The standard InChI is InChI=1S/C39H37N5O4/c1-39(2,3)36(37(47)42-33-17-20-41-21-18-33)43-38(48-26-28-7-5-4-6-8-28)34(23-35(45)46)44-22-19-32(25-44)31-15-13-30(14-16-31)29-11-9-27(24-40)10-12-29/h4-22,25,34,36H,23,26H2,1-3H3,(H,45,46)(H,41,42,47)/t34-,36-/m1/s1. The van der Waals surface area contributed by atoms with Crippen LogP contribution in [-0.2, 0) is 20.9 Å².